The molecule has 2 amide bonds. The first kappa shape index (κ1) is 18.8. The minimum Gasteiger partial charge on any atom is -0.497 e. The Morgan fingerprint density at radius 2 is 1.93 bits per heavy atom. The summed E-state index contributed by atoms with van der Waals surface area (Å²) in [7, 11) is 1.65. The van der Waals surface area contributed by atoms with Crippen LogP contribution in [0.4, 0.5) is 5.69 Å². The molecule has 2 aliphatic heterocycles. The number of ether oxygens (including phenoxy) is 1. The maximum Gasteiger partial charge on any atom is 0.228 e. The summed E-state index contributed by atoms with van der Waals surface area (Å²) in [6.07, 6.45) is 1.20. The molecule has 0 N–H and O–H groups in total. The monoisotopic (exact) mass is 398 g/mol. The zero-order valence-corrected chi connectivity index (χ0v) is 16.6. The summed E-state index contributed by atoms with van der Waals surface area (Å²) in [6, 6.07) is 15.3. The molecule has 0 spiro atoms. The molecule has 2 heterocycles. The van der Waals surface area contributed by atoms with Gasteiger partial charge in [-0.3, -0.25) is 9.59 Å². The van der Waals surface area contributed by atoms with Crippen molar-refractivity contribution in [3.63, 3.8) is 0 Å². The number of benzene rings is 2. The van der Waals surface area contributed by atoms with Gasteiger partial charge in [0.05, 0.1) is 13.0 Å². The number of hydrogen-bond acceptors (Lipinski definition) is 3. The number of rotatable bonds is 4. The van der Waals surface area contributed by atoms with E-state index in [2.05, 4.69) is 12.1 Å². The first-order chi connectivity index (χ1) is 13.5. The highest BCUT2D eigenvalue weighted by Gasteiger charge is 2.39. The number of carbonyl (C=O) groups is 2. The van der Waals surface area contributed by atoms with Crippen molar-refractivity contribution in [2.24, 2.45) is 5.92 Å². The summed E-state index contributed by atoms with van der Waals surface area (Å²) in [4.78, 5) is 29.1. The van der Waals surface area contributed by atoms with Crippen LogP contribution in [0.25, 0.3) is 0 Å². The number of nitrogens with zero attached hydrogens (tertiary/aromatic N) is 2. The van der Waals surface area contributed by atoms with Gasteiger partial charge in [0.1, 0.15) is 5.75 Å². The van der Waals surface area contributed by atoms with Crippen LogP contribution in [-0.2, 0) is 9.59 Å². The third-order valence-corrected chi connectivity index (χ3v) is 5.92. The smallest absolute Gasteiger partial charge is 0.228 e. The van der Waals surface area contributed by atoms with Crippen LogP contribution < -0.4 is 9.64 Å². The summed E-state index contributed by atoms with van der Waals surface area (Å²) in [5, 5.41) is 0.585. The van der Waals surface area contributed by atoms with E-state index in [1.54, 1.807) is 24.1 Å². The normalized spacial score (nSPS) is 22.0. The van der Waals surface area contributed by atoms with E-state index in [1.807, 2.05) is 29.2 Å². The second-order valence-corrected chi connectivity index (χ2v) is 7.86. The maximum absolute atomic E-state index is 13.0. The van der Waals surface area contributed by atoms with Crippen LogP contribution in [0, 0.1) is 5.92 Å². The standard InChI is InChI=1S/C22H23ClN2O3/c1-28-20-7-5-15(6-8-20)16-9-10-24(13-16)22(27)17-11-21(26)25(14-17)19-4-2-3-18(23)12-19/h2-8,12,16-17H,9-11,13-14H2,1H3. The lowest BCUT2D eigenvalue weighted by Crippen LogP contribution is -2.35. The number of amides is 2. The van der Waals surface area contributed by atoms with Crippen molar-refractivity contribution in [2.45, 2.75) is 18.8 Å². The Kier molecular flexibility index (Phi) is 5.27. The topological polar surface area (TPSA) is 49.9 Å². The zero-order chi connectivity index (χ0) is 19.7. The summed E-state index contributed by atoms with van der Waals surface area (Å²) in [5.74, 6) is 0.928. The molecule has 2 fully saturated rings. The van der Waals surface area contributed by atoms with E-state index < -0.39 is 0 Å². The Hall–Kier alpha value is -2.53. The molecule has 4 rings (SSSR count). The van der Waals surface area contributed by atoms with Gasteiger partial charge in [-0.1, -0.05) is 29.8 Å². The lowest BCUT2D eigenvalue weighted by molar-refractivity contribution is -0.134. The van der Waals surface area contributed by atoms with Gasteiger partial charge in [0.2, 0.25) is 11.8 Å². The lowest BCUT2D eigenvalue weighted by Gasteiger charge is -2.21. The third kappa shape index (κ3) is 3.72. The van der Waals surface area contributed by atoms with Gasteiger partial charge in [-0.05, 0) is 42.3 Å². The molecule has 2 atom stereocenters. The molecule has 0 aromatic heterocycles. The number of hydrogen-bond donors (Lipinski definition) is 0. The van der Waals surface area contributed by atoms with Crippen LogP contribution in [0.3, 0.4) is 0 Å². The minimum absolute atomic E-state index is 0.0217. The Bertz CT molecular complexity index is 884. The van der Waals surface area contributed by atoms with Crippen LogP contribution >= 0.6 is 11.6 Å². The number of halogens is 1. The van der Waals surface area contributed by atoms with Crippen LogP contribution in [0.1, 0.15) is 24.3 Å². The van der Waals surface area contributed by atoms with Crippen molar-refractivity contribution in [2.75, 3.05) is 31.6 Å². The van der Waals surface area contributed by atoms with E-state index in [9.17, 15) is 9.59 Å². The van der Waals surface area contributed by atoms with Crippen LogP contribution in [0.5, 0.6) is 5.75 Å². The summed E-state index contributed by atoms with van der Waals surface area (Å²) < 4.78 is 5.21. The molecule has 2 aliphatic rings. The molecule has 0 bridgehead atoms. The van der Waals surface area contributed by atoms with Crippen molar-refractivity contribution in [1.82, 2.24) is 4.90 Å². The zero-order valence-electron chi connectivity index (χ0n) is 15.8. The molecular formula is C22H23ClN2O3. The van der Waals surface area contributed by atoms with Crippen molar-refractivity contribution >= 4 is 29.1 Å². The predicted molar refractivity (Wildman–Crippen MR) is 109 cm³/mol. The lowest BCUT2D eigenvalue weighted by atomic mass is 9.98. The second kappa shape index (κ2) is 7.84. The number of methoxy groups -OCH3 is 1. The summed E-state index contributed by atoms with van der Waals surface area (Å²) in [6.45, 7) is 1.85. The molecule has 0 saturated carbocycles. The Morgan fingerprint density at radius 3 is 2.64 bits per heavy atom. The van der Waals surface area contributed by atoms with E-state index >= 15 is 0 Å². The first-order valence-electron chi connectivity index (χ1n) is 9.54. The molecule has 28 heavy (non-hydrogen) atoms. The van der Waals surface area contributed by atoms with Gasteiger partial charge in [-0.25, -0.2) is 0 Å². The average molecular weight is 399 g/mol. The van der Waals surface area contributed by atoms with E-state index in [0.717, 1.165) is 24.4 Å². The molecule has 2 saturated heterocycles. The van der Waals surface area contributed by atoms with Gasteiger partial charge in [0.25, 0.3) is 0 Å². The molecule has 146 valence electrons. The van der Waals surface area contributed by atoms with Crippen LogP contribution in [0.2, 0.25) is 5.02 Å². The SMILES string of the molecule is COc1ccc(C2CCN(C(=O)C3CC(=O)N(c4cccc(Cl)c4)C3)C2)cc1. The third-order valence-electron chi connectivity index (χ3n) is 5.68. The molecule has 2 aromatic rings. The van der Waals surface area contributed by atoms with E-state index in [0.29, 0.717) is 24.0 Å². The summed E-state index contributed by atoms with van der Waals surface area (Å²) >= 11 is 6.05. The Labute approximate surface area is 169 Å². The average Bonchev–Trinajstić information content (AvgIpc) is 3.35. The van der Waals surface area contributed by atoms with Crippen molar-refractivity contribution < 1.29 is 14.3 Å². The Balaban J connectivity index is 1.40. The first-order valence-corrected chi connectivity index (χ1v) is 9.91. The fraction of sp³-hybridized carbons (Fsp3) is 0.364. The maximum atomic E-state index is 13.0. The fourth-order valence-corrected chi connectivity index (χ4v) is 4.32. The van der Waals surface area contributed by atoms with E-state index in [4.69, 9.17) is 16.3 Å². The van der Waals surface area contributed by atoms with Crippen molar-refractivity contribution in [3.8, 4) is 5.75 Å². The molecule has 2 unspecified atom stereocenters. The number of likely N-dealkylation sites (tertiary alicyclic amines) is 1. The quantitative estimate of drug-likeness (QED) is 0.788. The van der Waals surface area contributed by atoms with Crippen LogP contribution in [0.15, 0.2) is 48.5 Å². The molecule has 0 aliphatic carbocycles. The highest BCUT2D eigenvalue weighted by Crippen LogP contribution is 2.32. The Morgan fingerprint density at radius 1 is 1.14 bits per heavy atom. The highest BCUT2D eigenvalue weighted by molar-refractivity contribution is 6.31. The predicted octanol–water partition coefficient (Wildman–Crippen LogP) is 3.72. The van der Waals surface area contributed by atoms with Gasteiger partial charge in [-0.2, -0.15) is 0 Å². The van der Waals surface area contributed by atoms with Gasteiger partial charge < -0.3 is 14.5 Å². The second-order valence-electron chi connectivity index (χ2n) is 7.43. The van der Waals surface area contributed by atoms with Gasteiger partial charge in [0.15, 0.2) is 0 Å². The van der Waals surface area contributed by atoms with Gasteiger partial charge in [0, 0.05) is 42.7 Å². The molecule has 6 heteroatoms. The summed E-state index contributed by atoms with van der Waals surface area (Å²) in [5.41, 5.74) is 1.98. The molecular weight excluding hydrogens is 376 g/mol. The molecule has 5 nitrogen and oxygen atoms in total. The number of carbonyl (C=O) groups excluding carboxylic acids is 2. The molecule has 2 aromatic carbocycles. The van der Waals surface area contributed by atoms with Crippen molar-refractivity contribution in [1.29, 1.82) is 0 Å². The largest absolute Gasteiger partial charge is 0.497 e. The van der Waals surface area contributed by atoms with Gasteiger partial charge in [-0.15, -0.1) is 0 Å². The van der Waals surface area contributed by atoms with E-state index in [1.165, 1.54) is 5.56 Å². The minimum atomic E-state index is -0.291. The fourth-order valence-electron chi connectivity index (χ4n) is 4.13. The van der Waals surface area contributed by atoms with Gasteiger partial charge >= 0.3 is 0 Å². The highest BCUT2D eigenvalue weighted by atomic mass is 35.5. The van der Waals surface area contributed by atoms with Crippen LogP contribution in [-0.4, -0.2) is 43.5 Å². The van der Waals surface area contributed by atoms with Crippen molar-refractivity contribution in [3.05, 3.63) is 59.1 Å². The van der Waals surface area contributed by atoms with E-state index in [-0.39, 0.29) is 24.2 Å². The number of anilines is 1. The molecule has 0 radical (unpaired) electrons.